The van der Waals surface area contributed by atoms with Crippen molar-refractivity contribution in [1.82, 2.24) is 10.2 Å². The zero-order valence-corrected chi connectivity index (χ0v) is 17.5. The first-order valence-electron chi connectivity index (χ1n) is 11.4. The van der Waals surface area contributed by atoms with E-state index in [2.05, 4.69) is 10.2 Å². The van der Waals surface area contributed by atoms with E-state index in [0.29, 0.717) is 6.54 Å². The van der Waals surface area contributed by atoms with Gasteiger partial charge >= 0.3 is 0 Å². The Bertz CT molecular complexity index is 927. The molecule has 2 aromatic rings. The first kappa shape index (κ1) is 19.3. The van der Waals surface area contributed by atoms with Crippen molar-refractivity contribution in [1.29, 1.82) is 0 Å². The average molecular weight is 403 g/mol. The summed E-state index contributed by atoms with van der Waals surface area (Å²) in [6.07, 6.45) is 8.50. The molecule has 1 N–H and O–H groups in total. The number of amides is 2. The molecule has 1 aliphatic heterocycles. The average Bonchev–Trinajstić information content (AvgIpc) is 3.47. The highest BCUT2D eigenvalue weighted by Crippen LogP contribution is 2.52. The molecule has 0 aromatic heterocycles. The molecule has 2 aliphatic carbocycles. The Kier molecular flexibility index (Phi) is 5.10. The summed E-state index contributed by atoms with van der Waals surface area (Å²) < 4.78 is 0. The van der Waals surface area contributed by atoms with Gasteiger partial charge in [-0.05, 0) is 42.9 Å². The van der Waals surface area contributed by atoms with Gasteiger partial charge in [0.05, 0.1) is 11.5 Å². The molecule has 156 valence electrons. The van der Waals surface area contributed by atoms with Crippen LogP contribution in [0, 0.1) is 0 Å². The third-order valence-electron chi connectivity index (χ3n) is 7.47. The summed E-state index contributed by atoms with van der Waals surface area (Å²) in [4.78, 5) is 29.6. The molecule has 30 heavy (non-hydrogen) atoms. The Morgan fingerprint density at radius 2 is 1.60 bits per heavy atom. The van der Waals surface area contributed by atoms with E-state index in [9.17, 15) is 9.59 Å². The lowest BCUT2D eigenvalue weighted by atomic mass is 9.70. The van der Waals surface area contributed by atoms with Gasteiger partial charge in [0, 0.05) is 18.2 Å². The van der Waals surface area contributed by atoms with E-state index in [1.165, 1.54) is 12.8 Å². The number of carbonyl (C=O) groups excluding carboxylic acids is 2. The highest BCUT2D eigenvalue weighted by Gasteiger charge is 2.57. The van der Waals surface area contributed by atoms with Crippen molar-refractivity contribution in [3.63, 3.8) is 0 Å². The number of carbonyl (C=O) groups is 2. The maximum Gasteiger partial charge on any atom is 0.254 e. The zero-order chi connectivity index (χ0) is 20.6. The van der Waals surface area contributed by atoms with E-state index in [0.717, 1.165) is 55.2 Å². The topological polar surface area (TPSA) is 49.4 Å². The molecule has 1 heterocycles. The second-order valence-electron chi connectivity index (χ2n) is 9.15. The third-order valence-corrected chi connectivity index (χ3v) is 7.47. The van der Waals surface area contributed by atoms with Gasteiger partial charge in [-0.25, -0.2) is 0 Å². The molecule has 1 spiro atoms. The van der Waals surface area contributed by atoms with Crippen molar-refractivity contribution in [2.45, 2.75) is 75.4 Å². The summed E-state index contributed by atoms with van der Waals surface area (Å²) in [7, 11) is 0. The number of hydrogen-bond acceptors (Lipinski definition) is 2. The Morgan fingerprint density at radius 1 is 0.933 bits per heavy atom. The molecule has 0 bridgehead atoms. The molecule has 1 atom stereocenters. The van der Waals surface area contributed by atoms with Gasteiger partial charge in [-0.3, -0.25) is 9.59 Å². The molecule has 2 aromatic carbocycles. The molecule has 0 saturated heterocycles. The molecule has 4 heteroatoms. The first-order valence-corrected chi connectivity index (χ1v) is 11.4. The summed E-state index contributed by atoms with van der Waals surface area (Å²) in [6.45, 7) is 0.520. The zero-order valence-electron chi connectivity index (χ0n) is 17.5. The second-order valence-corrected chi connectivity index (χ2v) is 9.15. The van der Waals surface area contributed by atoms with Crippen molar-refractivity contribution >= 4 is 11.8 Å². The fourth-order valence-corrected chi connectivity index (χ4v) is 6.19. The largest absolute Gasteiger partial charge is 0.351 e. The number of benzene rings is 2. The number of fused-ring (bicyclic) bond motifs is 1. The summed E-state index contributed by atoms with van der Waals surface area (Å²) in [6, 6.07) is 18.1. The van der Waals surface area contributed by atoms with Crippen molar-refractivity contribution < 1.29 is 9.59 Å². The summed E-state index contributed by atoms with van der Waals surface area (Å²) in [5.41, 5.74) is 2.37. The van der Waals surface area contributed by atoms with Gasteiger partial charge in [-0.15, -0.1) is 0 Å². The molecule has 3 aliphatic rings. The highest BCUT2D eigenvalue weighted by atomic mass is 16.2. The van der Waals surface area contributed by atoms with Crippen LogP contribution in [0.4, 0.5) is 0 Å². The van der Waals surface area contributed by atoms with E-state index >= 15 is 0 Å². The van der Waals surface area contributed by atoms with E-state index in [1.54, 1.807) is 0 Å². The van der Waals surface area contributed by atoms with Gasteiger partial charge in [0.25, 0.3) is 5.91 Å². The van der Waals surface area contributed by atoms with E-state index in [1.807, 2.05) is 54.6 Å². The van der Waals surface area contributed by atoms with Crippen LogP contribution in [-0.4, -0.2) is 28.3 Å². The molecule has 2 fully saturated rings. The van der Waals surface area contributed by atoms with Crippen LogP contribution in [0.3, 0.4) is 0 Å². The summed E-state index contributed by atoms with van der Waals surface area (Å²) in [5, 5.41) is 3.21. The van der Waals surface area contributed by atoms with E-state index < -0.39 is 0 Å². The number of hydrogen-bond donors (Lipinski definition) is 1. The molecule has 4 nitrogen and oxygen atoms in total. The number of nitrogens with zero attached hydrogens (tertiary/aromatic N) is 1. The predicted octanol–water partition coefficient (Wildman–Crippen LogP) is 4.80. The SMILES string of the molecule is O=C(NCc1ccccc1)C1c2ccccc2C(=O)N(C2CCCC2)C12CCCC2. The molecule has 1 unspecified atom stereocenters. The molecule has 5 rings (SSSR count). The Hall–Kier alpha value is -2.62. The van der Waals surface area contributed by atoms with E-state index in [-0.39, 0.29) is 29.3 Å². The van der Waals surface area contributed by atoms with Gasteiger partial charge in [0.2, 0.25) is 5.91 Å². The fourth-order valence-electron chi connectivity index (χ4n) is 6.19. The van der Waals surface area contributed by atoms with Crippen LogP contribution >= 0.6 is 0 Å². The lowest BCUT2D eigenvalue weighted by Crippen LogP contribution is -2.63. The van der Waals surface area contributed by atoms with Crippen molar-refractivity contribution in [3.8, 4) is 0 Å². The predicted molar refractivity (Wildman–Crippen MR) is 117 cm³/mol. The van der Waals surface area contributed by atoms with Crippen LogP contribution in [-0.2, 0) is 11.3 Å². The fraction of sp³-hybridized carbons (Fsp3) is 0.462. The van der Waals surface area contributed by atoms with Gasteiger partial charge < -0.3 is 10.2 Å². The highest BCUT2D eigenvalue weighted by molar-refractivity contribution is 6.02. The minimum atomic E-state index is -0.374. The van der Waals surface area contributed by atoms with Gasteiger partial charge in [-0.1, -0.05) is 74.2 Å². The molecule has 2 saturated carbocycles. The number of rotatable bonds is 4. The Balaban J connectivity index is 1.55. The van der Waals surface area contributed by atoms with Crippen LogP contribution in [0.25, 0.3) is 0 Å². The van der Waals surface area contributed by atoms with Crippen molar-refractivity contribution in [2.75, 3.05) is 0 Å². The lowest BCUT2D eigenvalue weighted by Gasteiger charge is -2.52. The second kappa shape index (κ2) is 7.90. The molecular formula is C26H30N2O2. The third kappa shape index (κ3) is 3.13. The maximum absolute atomic E-state index is 13.7. The van der Waals surface area contributed by atoms with Crippen molar-refractivity contribution in [2.24, 2.45) is 0 Å². The Labute approximate surface area is 178 Å². The smallest absolute Gasteiger partial charge is 0.254 e. The van der Waals surface area contributed by atoms with Gasteiger partial charge in [-0.2, -0.15) is 0 Å². The van der Waals surface area contributed by atoms with E-state index in [4.69, 9.17) is 0 Å². The quantitative estimate of drug-likeness (QED) is 0.799. The normalized spacial score (nSPS) is 23.0. The van der Waals surface area contributed by atoms with Crippen LogP contribution < -0.4 is 5.32 Å². The minimum Gasteiger partial charge on any atom is -0.351 e. The standard InChI is InChI=1S/C26H30N2O2/c29-24(27-18-19-10-2-1-3-11-19)23-21-14-6-7-15-22(21)25(30)28(20-12-4-5-13-20)26(23)16-8-9-17-26/h1-3,6-7,10-11,14-15,20,23H,4-5,8-9,12-13,16-18H2,(H,27,29). The van der Waals surface area contributed by atoms with Gasteiger partial charge in [0.15, 0.2) is 0 Å². The molecular weight excluding hydrogens is 372 g/mol. The van der Waals surface area contributed by atoms with Gasteiger partial charge in [0.1, 0.15) is 0 Å². The number of nitrogens with one attached hydrogen (secondary N) is 1. The van der Waals surface area contributed by atoms with Crippen LogP contribution in [0.15, 0.2) is 54.6 Å². The van der Waals surface area contributed by atoms with Crippen LogP contribution in [0.2, 0.25) is 0 Å². The molecule has 2 amide bonds. The summed E-state index contributed by atoms with van der Waals surface area (Å²) >= 11 is 0. The van der Waals surface area contributed by atoms with Crippen molar-refractivity contribution in [3.05, 3.63) is 71.3 Å². The minimum absolute atomic E-state index is 0.0590. The first-order chi connectivity index (χ1) is 14.7. The van der Waals surface area contributed by atoms with Crippen LogP contribution in [0.1, 0.15) is 78.8 Å². The lowest BCUT2D eigenvalue weighted by molar-refractivity contribution is -0.127. The molecule has 0 radical (unpaired) electrons. The van der Waals surface area contributed by atoms with Crippen LogP contribution in [0.5, 0.6) is 0 Å². The Morgan fingerprint density at radius 3 is 2.33 bits per heavy atom. The monoisotopic (exact) mass is 402 g/mol. The maximum atomic E-state index is 13.7. The summed E-state index contributed by atoms with van der Waals surface area (Å²) in [5.74, 6) is -0.0894.